The molecule has 0 amide bonds. The van der Waals surface area contributed by atoms with Crippen LogP contribution in [-0.4, -0.2) is 42.9 Å². The number of carboxylic acids is 1. The van der Waals surface area contributed by atoms with Gasteiger partial charge in [0, 0.05) is 0 Å². The highest BCUT2D eigenvalue weighted by Crippen LogP contribution is 2.13. The Morgan fingerprint density at radius 1 is 1.38 bits per heavy atom. The van der Waals surface area contributed by atoms with Crippen molar-refractivity contribution in [2.45, 2.75) is 6.18 Å². The van der Waals surface area contributed by atoms with E-state index in [2.05, 4.69) is 25.6 Å². The van der Waals surface area contributed by atoms with Crippen LogP contribution in [0.2, 0.25) is 0 Å². The van der Waals surface area contributed by atoms with Crippen LogP contribution < -0.4 is 0 Å². The lowest BCUT2D eigenvalue weighted by atomic mass is 10.5. The smallest absolute Gasteiger partial charge is 0.475 e. The number of alkyl halides is 3. The monoisotopic (exact) mass is 235 g/mol. The molecule has 0 aliphatic carbocycles. The van der Waals surface area contributed by atoms with Gasteiger partial charge in [0.05, 0.1) is 6.20 Å². The van der Waals surface area contributed by atoms with Crippen molar-refractivity contribution in [1.29, 1.82) is 0 Å². The molecular formula is C6H4F3N5O2. The minimum absolute atomic E-state index is 0.553. The number of carboxylic acid groups (broad SMARTS) is 1. The summed E-state index contributed by atoms with van der Waals surface area (Å²) in [4.78, 5) is 8.90. The van der Waals surface area contributed by atoms with E-state index < -0.39 is 12.1 Å². The van der Waals surface area contributed by atoms with Gasteiger partial charge >= 0.3 is 12.1 Å². The molecule has 10 heteroatoms. The van der Waals surface area contributed by atoms with Crippen LogP contribution in [-0.2, 0) is 4.79 Å². The molecule has 0 radical (unpaired) electrons. The minimum atomic E-state index is -5.08. The van der Waals surface area contributed by atoms with Crippen molar-refractivity contribution in [2.75, 3.05) is 0 Å². The molecule has 0 aliphatic rings. The normalized spacial score (nSPS) is 10.7. The van der Waals surface area contributed by atoms with Gasteiger partial charge in [-0.15, -0.1) is 10.2 Å². The van der Waals surface area contributed by atoms with Crippen LogP contribution in [0.5, 0.6) is 0 Å². The standard InChI is InChI=1S/C4H3N5.C2HF3O2/c1-2-5-7-4-3(1)6-9-8-4;3-2(4,5)1(6)7/h1-2H,(H,6,7,8,9);(H,6,7). The molecule has 0 spiro atoms. The van der Waals surface area contributed by atoms with Crippen LogP contribution >= 0.6 is 0 Å². The van der Waals surface area contributed by atoms with Gasteiger partial charge in [-0.3, -0.25) is 5.10 Å². The van der Waals surface area contributed by atoms with E-state index in [4.69, 9.17) is 9.90 Å². The second-order valence-corrected chi connectivity index (χ2v) is 2.38. The van der Waals surface area contributed by atoms with Gasteiger partial charge in [0.2, 0.25) is 5.65 Å². The summed E-state index contributed by atoms with van der Waals surface area (Å²) in [6.45, 7) is 0. The third kappa shape index (κ3) is 3.15. The molecule has 7 nitrogen and oxygen atoms in total. The summed E-state index contributed by atoms with van der Waals surface area (Å²) < 4.78 is 31.7. The first kappa shape index (κ1) is 11.8. The number of aromatic amines is 1. The molecule has 0 saturated heterocycles. The van der Waals surface area contributed by atoms with E-state index in [1.165, 1.54) is 0 Å². The molecule has 0 aromatic carbocycles. The number of hydrogen-bond acceptors (Lipinski definition) is 5. The lowest BCUT2D eigenvalue weighted by molar-refractivity contribution is -0.192. The van der Waals surface area contributed by atoms with Crippen LogP contribution in [0.15, 0.2) is 12.3 Å². The summed E-state index contributed by atoms with van der Waals surface area (Å²) in [7, 11) is 0. The van der Waals surface area contributed by atoms with Crippen LogP contribution in [0.4, 0.5) is 13.2 Å². The summed E-state index contributed by atoms with van der Waals surface area (Å²) in [6, 6.07) is 1.77. The Hall–Kier alpha value is -2.26. The molecule has 2 aromatic rings. The molecule has 2 N–H and O–H groups in total. The maximum Gasteiger partial charge on any atom is 0.490 e. The van der Waals surface area contributed by atoms with Crippen molar-refractivity contribution < 1.29 is 23.1 Å². The average Bonchev–Trinajstić information content (AvgIpc) is 2.64. The highest BCUT2D eigenvalue weighted by atomic mass is 19.4. The zero-order valence-corrected chi connectivity index (χ0v) is 7.43. The molecule has 0 aliphatic heterocycles. The Kier molecular flexibility index (Phi) is 3.33. The van der Waals surface area contributed by atoms with Crippen LogP contribution in [0.25, 0.3) is 11.2 Å². The maximum absolute atomic E-state index is 10.6. The summed E-state index contributed by atoms with van der Waals surface area (Å²) in [6.07, 6.45) is -3.50. The van der Waals surface area contributed by atoms with E-state index in [1.807, 2.05) is 0 Å². The van der Waals surface area contributed by atoms with Gasteiger partial charge in [0.1, 0.15) is 5.52 Å². The quantitative estimate of drug-likeness (QED) is 0.683. The summed E-state index contributed by atoms with van der Waals surface area (Å²) in [5, 5.41) is 24.2. The molecule has 0 unspecified atom stereocenters. The molecule has 0 saturated carbocycles. The second-order valence-electron chi connectivity index (χ2n) is 2.38. The van der Waals surface area contributed by atoms with E-state index in [9.17, 15) is 13.2 Å². The zero-order chi connectivity index (χ0) is 12.2. The highest BCUT2D eigenvalue weighted by molar-refractivity contribution is 5.73. The van der Waals surface area contributed by atoms with E-state index >= 15 is 0 Å². The summed E-state index contributed by atoms with van der Waals surface area (Å²) in [5.41, 5.74) is 1.36. The average molecular weight is 235 g/mol. The van der Waals surface area contributed by atoms with Gasteiger partial charge < -0.3 is 5.11 Å². The fraction of sp³-hybridized carbons (Fsp3) is 0.167. The predicted molar refractivity (Wildman–Crippen MR) is 43.2 cm³/mol. The molecular weight excluding hydrogens is 231 g/mol. The Bertz CT molecular complexity index is 452. The number of aromatic nitrogens is 5. The maximum atomic E-state index is 10.6. The fourth-order valence-electron chi connectivity index (χ4n) is 0.612. The van der Waals surface area contributed by atoms with E-state index in [0.29, 0.717) is 5.65 Å². The van der Waals surface area contributed by atoms with Crippen molar-refractivity contribution in [3.63, 3.8) is 0 Å². The topological polar surface area (TPSA) is 105 Å². The first-order valence-corrected chi connectivity index (χ1v) is 3.70. The molecule has 0 atom stereocenters. The number of H-pyrrole nitrogens is 1. The van der Waals surface area contributed by atoms with Crippen LogP contribution in [0, 0.1) is 0 Å². The first-order chi connectivity index (χ1) is 7.41. The van der Waals surface area contributed by atoms with Gasteiger partial charge in [-0.25, -0.2) is 4.79 Å². The minimum Gasteiger partial charge on any atom is -0.475 e. The van der Waals surface area contributed by atoms with Gasteiger partial charge in [0.25, 0.3) is 0 Å². The molecule has 86 valence electrons. The van der Waals surface area contributed by atoms with Crippen molar-refractivity contribution in [2.24, 2.45) is 0 Å². The van der Waals surface area contributed by atoms with Crippen molar-refractivity contribution in [3.8, 4) is 0 Å². The molecule has 16 heavy (non-hydrogen) atoms. The van der Waals surface area contributed by atoms with Gasteiger partial charge in [-0.2, -0.15) is 18.3 Å². The summed E-state index contributed by atoms with van der Waals surface area (Å²) in [5.74, 6) is -2.76. The highest BCUT2D eigenvalue weighted by Gasteiger charge is 2.38. The van der Waals surface area contributed by atoms with Crippen molar-refractivity contribution in [1.82, 2.24) is 25.6 Å². The molecule has 2 aromatic heterocycles. The number of hydrogen-bond donors (Lipinski definition) is 2. The van der Waals surface area contributed by atoms with Gasteiger partial charge in [0.15, 0.2) is 0 Å². The van der Waals surface area contributed by atoms with Gasteiger partial charge in [-0.1, -0.05) is 5.21 Å². The number of carbonyl (C=O) groups is 1. The largest absolute Gasteiger partial charge is 0.490 e. The van der Waals surface area contributed by atoms with Crippen molar-refractivity contribution >= 4 is 17.1 Å². The molecule has 2 rings (SSSR count). The van der Waals surface area contributed by atoms with Crippen LogP contribution in [0.1, 0.15) is 0 Å². The number of rotatable bonds is 0. The molecule has 2 heterocycles. The number of nitrogens with one attached hydrogen (secondary N) is 1. The number of nitrogens with zero attached hydrogens (tertiary/aromatic N) is 4. The fourth-order valence-corrected chi connectivity index (χ4v) is 0.612. The zero-order valence-electron chi connectivity index (χ0n) is 7.43. The lowest BCUT2D eigenvalue weighted by Crippen LogP contribution is -2.21. The third-order valence-corrected chi connectivity index (χ3v) is 1.26. The van der Waals surface area contributed by atoms with E-state index in [-0.39, 0.29) is 0 Å². The van der Waals surface area contributed by atoms with E-state index in [1.54, 1.807) is 12.3 Å². The Morgan fingerprint density at radius 2 is 2.00 bits per heavy atom. The Balaban J connectivity index is 0.000000168. The first-order valence-electron chi connectivity index (χ1n) is 3.70. The predicted octanol–water partition coefficient (Wildman–Crippen LogP) is 0.381. The number of fused-ring (bicyclic) bond motifs is 1. The van der Waals surface area contributed by atoms with Crippen LogP contribution in [0.3, 0.4) is 0 Å². The van der Waals surface area contributed by atoms with Crippen molar-refractivity contribution in [3.05, 3.63) is 12.3 Å². The van der Waals surface area contributed by atoms with Gasteiger partial charge in [-0.05, 0) is 6.07 Å². The SMILES string of the molecule is O=C(O)C(F)(F)F.c1cc2[nH]nnc2nn1. The summed E-state index contributed by atoms with van der Waals surface area (Å²) >= 11 is 0. The van der Waals surface area contributed by atoms with E-state index in [0.717, 1.165) is 5.52 Å². The Labute approximate surface area is 85.3 Å². The number of halogens is 3. The molecule has 0 fully saturated rings. The second kappa shape index (κ2) is 4.51. The lowest BCUT2D eigenvalue weighted by Gasteiger charge is -1.93. The third-order valence-electron chi connectivity index (χ3n) is 1.26. The molecule has 0 bridgehead atoms. The number of aliphatic carboxylic acids is 1. The Morgan fingerprint density at radius 3 is 2.50 bits per heavy atom.